The van der Waals surface area contributed by atoms with E-state index in [0.29, 0.717) is 5.82 Å². The zero-order valence-corrected chi connectivity index (χ0v) is 9.22. The Hall–Kier alpha value is -1.97. The number of nitrogens with one attached hydrogen (secondary N) is 1. The lowest BCUT2D eigenvalue weighted by molar-refractivity contribution is 0.965. The average molecular weight is 214 g/mol. The lowest BCUT2D eigenvalue weighted by atomic mass is 10.3. The lowest BCUT2D eigenvalue weighted by Gasteiger charge is -2.04. The van der Waals surface area contributed by atoms with Gasteiger partial charge in [-0.2, -0.15) is 0 Å². The molecule has 0 amide bonds. The van der Waals surface area contributed by atoms with E-state index in [9.17, 15) is 0 Å². The maximum atomic E-state index is 4.40. The molecule has 0 bridgehead atoms. The van der Waals surface area contributed by atoms with Crippen LogP contribution in [0.2, 0.25) is 0 Å². The summed E-state index contributed by atoms with van der Waals surface area (Å²) in [4.78, 5) is 12.8. The van der Waals surface area contributed by atoms with E-state index in [1.54, 1.807) is 12.4 Å². The Kier molecular flexibility index (Phi) is 3.43. The van der Waals surface area contributed by atoms with Gasteiger partial charge in [0.2, 0.25) is 0 Å². The number of aromatic nitrogens is 3. The summed E-state index contributed by atoms with van der Waals surface area (Å²) in [6.45, 7) is 3.03. The van der Waals surface area contributed by atoms with Crippen LogP contribution in [0.25, 0.3) is 11.5 Å². The van der Waals surface area contributed by atoms with E-state index in [-0.39, 0.29) is 0 Å². The number of hydrogen-bond acceptors (Lipinski definition) is 4. The van der Waals surface area contributed by atoms with Gasteiger partial charge in [0, 0.05) is 18.9 Å². The second-order valence-electron chi connectivity index (χ2n) is 3.41. The first-order chi connectivity index (χ1) is 7.90. The van der Waals surface area contributed by atoms with Crippen LogP contribution in [0, 0.1) is 0 Å². The van der Waals surface area contributed by atoms with Gasteiger partial charge in [-0.1, -0.05) is 13.0 Å². The largest absolute Gasteiger partial charge is 0.370 e. The van der Waals surface area contributed by atoms with Crippen molar-refractivity contribution in [3.05, 3.63) is 36.7 Å². The highest BCUT2D eigenvalue weighted by molar-refractivity contribution is 5.51. The van der Waals surface area contributed by atoms with Gasteiger partial charge in [0.05, 0.1) is 0 Å². The molecule has 2 aromatic heterocycles. The van der Waals surface area contributed by atoms with Gasteiger partial charge in [-0.25, -0.2) is 9.97 Å². The molecule has 0 saturated heterocycles. The zero-order valence-electron chi connectivity index (χ0n) is 9.22. The molecule has 0 aliphatic carbocycles. The average Bonchev–Trinajstić information content (AvgIpc) is 2.38. The normalized spacial score (nSPS) is 10.1. The van der Waals surface area contributed by atoms with Crippen LogP contribution in [0.3, 0.4) is 0 Å². The highest BCUT2D eigenvalue weighted by atomic mass is 15.0. The van der Waals surface area contributed by atoms with Gasteiger partial charge in [0.15, 0.2) is 5.82 Å². The first kappa shape index (κ1) is 10.5. The second kappa shape index (κ2) is 5.21. The third-order valence-electron chi connectivity index (χ3n) is 2.11. The topological polar surface area (TPSA) is 50.7 Å². The van der Waals surface area contributed by atoms with E-state index < -0.39 is 0 Å². The summed E-state index contributed by atoms with van der Waals surface area (Å²) in [6, 6.07) is 7.57. The van der Waals surface area contributed by atoms with Gasteiger partial charge in [0.25, 0.3) is 0 Å². The Labute approximate surface area is 94.8 Å². The summed E-state index contributed by atoms with van der Waals surface area (Å²) in [7, 11) is 0. The van der Waals surface area contributed by atoms with E-state index in [1.807, 2.05) is 24.3 Å². The molecule has 0 aromatic carbocycles. The van der Waals surface area contributed by atoms with Crippen molar-refractivity contribution in [3.8, 4) is 11.5 Å². The number of pyridine rings is 1. The molecule has 16 heavy (non-hydrogen) atoms. The van der Waals surface area contributed by atoms with Crippen molar-refractivity contribution in [1.29, 1.82) is 0 Å². The lowest BCUT2D eigenvalue weighted by Crippen LogP contribution is -2.03. The molecule has 2 aromatic rings. The van der Waals surface area contributed by atoms with Gasteiger partial charge in [0.1, 0.15) is 11.5 Å². The number of rotatable bonds is 4. The van der Waals surface area contributed by atoms with E-state index in [1.165, 1.54) is 0 Å². The van der Waals surface area contributed by atoms with Gasteiger partial charge < -0.3 is 5.32 Å². The van der Waals surface area contributed by atoms with Crippen LogP contribution in [0.1, 0.15) is 13.3 Å². The van der Waals surface area contributed by atoms with Crippen LogP contribution >= 0.6 is 0 Å². The SMILES string of the molecule is CCCNc1ccnc(-c2ccccn2)n1. The van der Waals surface area contributed by atoms with Crippen LogP contribution in [-0.2, 0) is 0 Å². The minimum Gasteiger partial charge on any atom is -0.370 e. The van der Waals surface area contributed by atoms with Gasteiger partial charge in [-0.3, -0.25) is 4.98 Å². The van der Waals surface area contributed by atoms with Gasteiger partial charge in [-0.05, 0) is 24.6 Å². The molecule has 0 atom stereocenters. The van der Waals surface area contributed by atoms with Crippen LogP contribution < -0.4 is 5.32 Å². The van der Waals surface area contributed by atoms with Crippen molar-refractivity contribution in [1.82, 2.24) is 15.0 Å². The summed E-state index contributed by atoms with van der Waals surface area (Å²) in [6.07, 6.45) is 4.56. The molecule has 0 fully saturated rings. The van der Waals surface area contributed by atoms with Gasteiger partial charge in [-0.15, -0.1) is 0 Å². The molecule has 0 aliphatic heterocycles. The molecule has 0 radical (unpaired) electrons. The van der Waals surface area contributed by atoms with E-state index in [4.69, 9.17) is 0 Å². The van der Waals surface area contributed by atoms with Crippen LogP contribution in [0.4, 0.5) is 5.82 Å². The molecular weight excluding hydrogens is 200 g/mol. The fourth-order valence-electron chi connectivity index (χ4n) is 1.33. The Morgan fingerprint density at radius 1 is 1.12 bits per heavy atom. The Bertz CT molecular complexity index is 442. The first-order valence-corrected chi connectivity index (χ1v) is 5.38. The standard InChI is InChI=1S/C12H14N4/c1-2-7-14-11-6-9-15-12(16-11)10-5-3-4-8-13-10/h3-6,8-9H,2,7H2,1H3,(H,14,15,16). The number of anilines is 1. The van der Waals surface area contributed by atoms with Crippen LogP contribution in [0.15, 0.2) is 36.7 Å². The summed E-state index contributed by atoms with van der Waals surface area (Å²) in [5.74, 6) is 1.50. The highest BCUT2D eigenvalue weighted by Crippen LogP contribution is 2.12. The first-order valence-electron chi connectivity index (χ1n) is 5.38. The fourth-order valence-corrected chi connectivity index (χ4v) is 1.33. The fraction of sp³-hybridized carbons (Fsp3) is 0.250. The van der Waals surface area contributed by atoms with E-state index in [2.05, 4.69) is 27.2 Å². The summed E-state index contributed by atoms with van der Waals surface area (Å²) in [5, 5.41) is 3.23. The zero-order chi connectivity index (χ0) is 11.2. The minimum absolute atomic E-state index is 0.654. The Morgan fingerprint density at radius 3 is 2.81 bits per heavy atom. The maximum Gasteiger partial charge on any atom is 0.180 e. The molecule has 0 aliphatic rings. The molecule has 82 valence electrons. The third kappa shape index (κ3) is 2.53. The second-order valence-corrected chi connectivity index (χ2v) is 3.41. The summed E-state index contributed by atoms with van der Waals surface area (Å²) in [5.41, 5.74) is 0.794. The molecular formula is C12H14N4. The van der Waals surface area contributed by atoms with E-state index >= 15 is 0 Å². The van der Waals surface area contributed by atoms with Crippen molar-refractivity contribution in [3.63, 3.8) is 0 Å². The maximum absolute atomic E-state index is 4.40. The molecule has 0 unspecified atom stereocenters. The molecule has 4 heteroatoms. The molecule has 4 nitrogen and oxygen atoms in total. The third-order valence-corrected chi connectivity index (χ3v) is 2.11. The Morgan fingerprint density at radius 2 is 2.06 bits per heavy atom. The highest BCUT2D eigenvalue weighted by Gasteiger charge is 2.02. The molecule has 0 spiro atoms. The van der Waals surface area contributed by atoms with Crippen molar-refractivity contribution >= 4 is 5.82 Å². The smallest absolute Gasteiger partial charge is 0.180 e. The van der Waals surface area contributed by atoms with Crippen LogP contribution in [-0.4, -0.2) is 21.5 Å². The minimum atomic E-state index is 0.654. The summed E-state index contributed by atoms with van der Waals surface area (Å²) < 4.78 is 0. The monoisotopic (exact) mass is 214 g/mol. The number of hydrogen-bond donors (Lipinski definition) is 1. The molecule has 0 saturated carbocycles. The van der Waals surface area contributed by atoms with Crippen LogP contribution in [0.5, 0.6) is 0 Å². The molecule has 2 rings (SSSR count). The molecule has 1 N–H and O–H groups in total. The predicted molar refractivity (Wildman–Crippen MR) is 64.0 cm³/mol. The Balaban J connectivity index is 2.22. The van der Waals surface area contributed by atoms with Crippen molar-refractivity contribution in [2.75, 3.05) is 11.9 Å². The quantitative estimate of drug-likeness (QED) is 0.848. The molecule has 2 heterocycles. The predicted octanol–water partition coefficient (Wildman–Crippen LogP) is 2.36. The summed E-state index contributed by atoms with van der Waals surface area (Å²) >= 11 is 0. The number of nitrogens with zero attached hydrogens (tertiary/aromatic N) is 3. The van der Waals surface area contributed by atoms with Crippen molar-refractivity contribution in [2.24, 2.45) is 0 Å². The van der Waals surface area contributed by atoms with Gasteiger partial charge >= 0.3 is 0 Å². The van der Waals surface area contributed by atoms with Crippen molar-refractivity contribution < 1.29 is 0 Å². The van der Waals surface area contributed by atoms with E-state index in [0.717, 1.165) is 24.5 Å². The van der Waals surface area contributed by atoms with Crippen molar-refractivity contribution in [2.45, 2.75) is 13.3 Å².